The molecule has 0 bridgehead atoms. The van der Waals surface area contributed by atoms with Gasteiger partial charge in [-0.25, -0.2) is 4.79 Å². The third kappa shape index (κ3) is 2.41. The maximum absolute atomic E-state index is 12.0. The van der Waals surface area contributed by atoms with Crippen molar-refractivity contribution in [2.24, 2.45) is 14.1 Å². The largest absolute Gasteiger partial charge is 0.352 e. The Morgan fingerprint density at radius 3 is 2.71 bits per heavy atom. The van der Waals surface area contributed by atoms with E-state index in [1.165, 1.54) is 18.7 Å². The Bertz CT molecular complexity index is 826. The average molecular weight is 292 g/mol. The van der Waals surface area contributed by atoms with Crippen molar-refractivity contribution >= 4 is 23.0 Å². The molecule has 0 aromatic carbocycles. The summed E-state index contributed by atoms with van der Waals surface area (Å²) in [5.41, 5.74) is -0.411. The van der Waals surface area contributed by atoms with Crippen LogP contribution in [0.25, 0.3) is 11.2 Å². The smallest absolute Gasteiger partial charge is 0.332 e. The summed E-state index contributed by atoms with van der Waals surface area (Å²) in [5.74, 6) is 0.161. The number of anilines is 1. The Kier molecular flexibility index (Phi) is 3.04. The molecular weight excluding hydrogens is 276 g/mol. The Morgan fingerprint density at radius 1 is 1.33 bits per heavy atom. The van der Waals surface area contributed by atoms with Crippen molar-refractivity contribution < 1.29 is 4.79 Å². The summed E-state index contributed by atoms with van der Waals surface area (Å²) >= 11 is 0. The van der Waals surface area contributed by atoms with Gasteiger partial charge < -0.3 is 15.6 Å². The molecule has 0 aliphatic heterocycles. The van der Waals surface area contributed by atoms with E-state index in [2.05, 4.69) is 20.6 Å². The molecule has 1 aliphatic rings. The summed E-state index contributed by atoms with van der Waals surface area (Å²) in [6.45, 7) is 0.0601. The highest BCUT2D eigenvalue weighted by molar-refractivity contribution is 5.81. The second-order valence-electron chi connectivity index (χ2n) is 5.19. The predicted molar refractivity (Wildman–Crippen MR) is 76.2 cm³/mol. The number of H-pyrrole nitrogens is 1. The number of nitrogens with one attached hydrogen (secondary N) is 3. The van der Waals surface area contributed by atoms with Crippen molar-refractivity contribution in [3.63, 3.8) is 0 Å². The highest BCUT2D eigenvalue weighted by atomic mass is 16.2. The number of aromatic amines is 1. The van der Waals surface area contributed by atoms with Gasteiger partial charge in [-0.15, -0.1) is 0 Å². The van der Waals surface area contributed by atoms with E-state index in [0.29, 0.717) is 6.04 Å². The highest BCUT2D eigenvalue weighted by Crippen LogP contribution is 2.18. The molecule has 0 spiro atoms. The van der Waals surface area contributed by atoms with Gasteiger partial charge in [0.2, 0.25) is 11.9 Å². The van der Waals surface area contributed by atoms with Crippen molar-refractivity contribution in [3.8, 4) is 0 Å². The quantitative estimate of drug-likeness (QED) is 0.645. The SMILES string of the molecule is Cn1c(=O)c2[nH]c(NCC(=O)NC3CC3)nc2n(C)c1=O. The predicted octanol–water partition coefficient (Wildman–Crippen LogP) is -1.35. The molecule has 1 fully saturated rings. The van der Waals surface area contributed by atoms with E-state index in [4.69, 9.17) is 0 Å². The first-order valence-corrected chi connectivity index (χ1v) is 6.66. The summed E-state index contributed by atoms with van der Waals surface area (Å²) in [5, 5.41) is 5.65. The Labute approximate surface area is 119 Å². The molecule has 2 heterocycles. The molecule has 112 valence electrons. The van der Waals surface area contributed by atoms with Crippen LogP contribution in [0.3, 0.4) is 0 Å². The molecule has 0 saturated heterocycles. The number of imidazole rings is 1. The fraction of sp³-hybridized carbons (Fsp3) is 0.500. The Morgan fingerprint density at radius 2 is 2.05 bits per heavy atom. The van der Waals surface area contributed by atoms with Gasteiger partial charge in [0, 0.05) is 20.1 Å². The number of carbonyl (C=O) groups is 1. The zero-order chi connectivity index (χ0) is 15.1. The molecule has 2 aromatic heterocycles. The van der Waals surface area contributed by atoms with E-state index in [-0.39, 0.29) is 29.6 Å². The number of aryl methyl sites for hydroxylation is 1. The van der Waals surface area contributed by atoms with Crippen LogP contribution in [0.1, 0.15) is 12.8 Å². The van der Waals surface area contributed by atoms with Gasteiger partial charge in [-0.05, 0) is 12.8 Å². The molecule has 9 heteroatoms. The zero-order valence-corrected chi connectivity index (χ0v) is 11.8. The van der Waals surface area contributed by atoms with Crippen molar-refractivity contribution in [1.29, 1.82) is 0 Å². The summed E-state index contributed by atoms with van der Waals surface area (Å²) in [6.07, 6.45) is 2.04. The van der Waals surface area contributed by atoms with Crippen LogP contribution < -0.4 is 21.9 Å². The van der Waals surface area contributed by atoms with E-state index in [9.17, 15) is 14.4 Å². The minimum atomic E-state index is -0.448. The summed E-state index contributed by atoms with van der Waals surface area (Å²) < 4.78 is 2.28. The van der Waals surface area contributed by atoms with E-state index in [1.807, 2.05) is 0 Å². The molecule has 3 N–H and O–H groups in total. The van der Waals surface area contributed by atoms with Gasteiger partial charge >= 0.3 is 5.69 Å². The lowest BCUT2D eigenvalue weighted by molar-refractivity contribution is -0.119. The fourth-order valence-corrected chi connectivity index (χ4v) is 2.08. The second-order valence-corrected chi connectivity index (χ2v) is 5.19. The lowest BCUT2D eigenvalue weighted by atomic mass is 10.5. The molecule has 2 aromatic rings. The normalized spacial score (nSPS) is 14.4. The number of carbonyl (C=O) groups excluding carboxylic acids is 1. The van der Waals surface area contributed by atoms with Gasteiger partial charge in [-0.3, -0.25) is 18.7 Å². The number of rotatable bonds is 4. The molecule has 1 aliphatic carbocycles. The van der Waals surface area contributed by atoms with Gasteiger partial charge in [-0.2, -0.15) is 4.98 Å². The standard InChI is InChI=1S/C12H16N6O3/c1-17-9-8(10(20)18(2)12(17)21)15-11(16-9)13-5-7(19)14-6-3-4-6/h6H,3-5H2,1-2H3,(H,14,19)(H2,13,15,16). The molecule has 3 rings (SSSR count). The summed E-state index contributed by atoms with van der Waals surface area (Å²) in [6, 6.07) is 0.295. The van der Waals surface area contributed by atoms with Crippen LogP contribution in [0.2, 0.25) is 0 Å². The minimum absolute atomic E-state index is 0.0601. The third-order valence-corrected chi connectivity index (χ3v) is 3.45. The molecule has 0 unspecified atom stereocenters. The lowest BCUT2D eigenvalue weighted by Crippen LogP contribution is -2.36. The molecular formula is C12H16N6O3. The van der Waals surface area contributed by atoms with Gasteiger partial charge in [0.15, 0.2) is 11.2 Å². The molecule has 9 nitrogen and oxygen atoms in total. The average Bonchev–Trinajstić information content (AvgIpc) is 3.16. The van der Waals surface area contributed by atoms with Gasteiger partial charge in [0.1, 0.15) is 0 Å². The first kappa shape index (κ1) is 13.4. The Balaban J connectivity index is 1.85. The van der Waals surface area contributed by atoms with Crippen LogP contribution in [-0.4, -0.2) is 37.6 Å². The summed E-state index contributed by atoms with van der Waals surface area (Å²) in [4.78, 5) is 42.3. The van der Waals surface area contributed by atoms with Gasteiger partial charge in [0.25, 0.3) is 5.56 Å². The minimum Gasteiger partial charge on any atom is -0.352 e. The number of fused-ring (bicyclic) bond motifs is 1. The van der Waals surface area contributed by atoms with E-state index in [0.717, 1.165) is 17.4 Å². The fourth-order valence-electron chi connectivity index (χ4n) is 2.08. The lowest BCUT2D eigenvalue weighted by Gasteiger charge is -2.03. The summed E-state index contributed by atoms with van der Waals surface area (Å²) in [7, 11) is 2.94. The number of nitrogens with zero attached hydrogens (tertiary/aromatic N) is 3. The van der Waals surface area contributed by atoms with E-state index < -0.39 is 11.2 Å². The van der Waals surface area contributed by atoms with Crippen molar-refractivity contribution in [2.45, 2.75) is 18.9 Å². The van der Waals surface area contributed by atoms with Crippen molar-refractivity contribution in [2.75, 3.05) is 11.9 Å². The number of hydrogen-bond donors (Lipinski definition) is 3. The molecule has 21 heavy (non-hydrogen) atoms. The maximum Gasteiger partial charge on any atom is 0.332 e. The number of amides is 1. The number of aromatic nitrogens is 4. The third-order valence-electron chi connectivity index (χ3n) is 3.45. The van der Waals surface area contributed by atoms with E-state index in [1.54, 1.807) is 0 Å². The molecule has 1 amide bonds. The maximum atomic E-state index is 12.0. The molecule has 0 radical (unpaired) electrons. The molecule has 0 atom stereocenters. The van der Waals surface area contributed by atoms with Crippen LogP contribution in [0.5, 0.6) is 0 Å². The van der Waals surface area contributed by atoms with Crippen LogP contribution in [0.15, 0.2) is 9.59 Å². The van der Waals surface area contributed by atoms with E-state index >= 15 is 0 Å². The molecule has 1 saturated carbocycles. The van der Waals surface area contributed by atoms with Crippen molar-refractivity contribution in [1.82, 2.24) is 24.4 Å². The highest BCUT2D eigenvalue weighted by Gasteiger charge is 2.23. The number of hydrogen-bond acceptors (Lipinski definition) is 5. The monoisotopic (exact) mass is 292 g/mol. The van der Waals surface area contributed by atoms with Gasteiger partial charge in [0.05, 0.1) is 6.54 Å². The second kappa shape index (κ2) is 4.76. The van der Waals surface area contributed by atoms with Crippen molar-refractivity contribution in [3.05, 3.63) is 20.8 Å². The van der Waals surface area contributed by atoms with Crippen LogP contribution in [-0.2, 0) is 18.9 Å². The Hall–Kier alpha value is -2.58. The van der Waals surface area contributed by atoms with Crippen LogP contribution in [0.4, 0.5) is 5.95 Å². The van der Waals surface area contributed by atoms with Gasteiger partial charge in [-0.1, -0.05) is 0 Å². The first-order valence-electron chi connectivity index (χ1n) is 6.66. The van der Waals surface area contributed by atoms with Crippen LogP contribution >= 0.6 is 0 Å². The van der Waals surface area contributed by atoms with Crippen LogP contribution in [0, 0.1) is 0 Å². The zero-order valence-electron chi connectivity index (χ0n) is 11.8. The topological polar surface area (TPSA) is 114 Å². The first-order chi connectivity index (χ1) is 9.97.